The zero-order valence-corrected chi connectivity index (χ0v) is 16.7. The predicted octanol–water partition coefficient (Wildman–Crippen LogP) is 3.55. The van der Waals surface area contributed by atoms with Gasteiger partial charge in [0, 0.05) is 17.5 Å². The van der Waals surface area contributed by atoms with Crippen LogP contribution in [-0.4, -0.2) is 33.7 Å². The van der Waals surface area contributed by atoms with Gasteiger partial charge in [-0.1, -0.05) is 17.7 Å². The lowest BCUT2D eigenvalue weighted by atomic mass is 10.0. The summed E-state index contributed by atoms with van der Waals surface area (Å²) in [6.45, 7) is 2.37. The summed E-state index contributed by atoms with van der Waals surface area (Å²) in [5, 5.41) is 9.49. The van der Waals surface area contributed by atoms with Gasteiger partial charge in [-0.25, -0.2) is 8.42 Å². The number of fused-ring (bicyclic) bond motifs is 1. The topological polar surface area (TPSA) is 85.6 Å². The summed E-state index contributed by atoms with van der Waals surface area (Å²) in [5.74, 6) is 0.628. The van der Waals surface area contributed by atoms with E-state index in [1.54, 1.807) is 18.2 Å². The fourth-order valence-electron chi connectivity index (χ4n) is 3.82. The van der Waals surface area contributed by atoms with E-state index in [0.717, 1.165) is 0 Å². The molecule has 3 atom stereocenters. The Bertz CT molecular complexity index is 1050. The second kappa shape index (κ2) is 6.96. The van der Waals surface area contributed by atoms with Gasteiger partial charge in [0.25, 0.3) is 0 Å². The summed E-state index contributed by atoms with van der Waals surface area (Å²) in [4.78, 5) is 0.140. The first-order valence-electron chi connectivity index (χ1n) is 8.82. The molecule has 6 nitrogen and oxygen atoms in total. The first-order chi connectivity index (χ1) is 13.4. The van der Waals surface area contributed by atoms with Gasteiger partial charge in [-0.05, 0) is 48.9 Å². The zero-order valence-electron chi connectivity index (χ0n) is 15.1. The van der Waals surface area contributed by atoms with Crippen LogP contribution in [0.15, 0.2) is 47.4 Å². The molecule has 2 aromatic carbocycles. The summed E-state index contributed by atoms with van der Waals surface area (Å²) < 4.78 is 43.0. The minimum absolute atomic E-state index is 0.0383. The van der Waals surface area contributed by atoms with Gasteiger partial charge in [0.15, 0.2) is 21.3 Å². The molecular formula is C20H18ClNO5S. The molecule has 28 heavy (non-hydrogen) atoms. The molecule has 0 radical (unpaired) electrons. The number of hydrogen-bond donors (Lipinski definition) is 0. The van der Waals surface area contributed by atoms with Gasteiger partial charge in [-0.3, -0.25) is 0 Å². The number of nitriles is 1. The van der Waals surface area contributed by atoms with Gasteiger partial charge in [0.1, 0.15) is 5.41 Å². The molecule has 1 heterocycles. The fourth-order valence-corrected chi connectivity index (χ4v) is 6.25. The highest BCUT2D eigenvalue weighted by molar-refractivity contribution is 7.92. The molecule has 8 heteroatoms. The van der Waals surface area contributed by atoms with Crippen molar-refractivity contribution in [2.24, 2.45) is 5.41 Å². The Kier molecular flexibility index (Phi) is 4.74. The lowest BCUT2D eigenvalue weighted by Gasteiger charge is -2.10. The first-order valence-corrected chi connectivity index (χ1v) is 10.7. The molecule has 0 spiro atoms. The van der Waals surface area contributed by atoms with Crippen LogP contribution in [-0.2, 0) is 14.6 Å². The molecule has 0 bridgehead atoms. The average Bonchev–Trinajstić information content (AvgIpc) is 3.15. The maximum absolute atomic E-state index is 13.4. The minimum atomic E-state index is -3.78. The molecular weight excluding hydrogens is 402 g/mol. The molecule has 1 saturated carbocycles. The van der Waals surface area contributed by atoms with Crippen LogP contribution in [0.1, 0.15) is 18.4 Å². The third-order valence-electron chi connectivity index (χ3n) is 5.24. The summed E-state index contributed by atoms with van der Waals surface area (Å²) >= 11 is 5.89. The monoisotopic (exact) mass is 419 g/mol. The van der Waals surface area contributed by atoms with Crippen molar-refractivity contribution in [3.05, 3.63) is 53.1 Å². The van der Waals surface area contributed by atoms with Crippen LogP contribution in [0.5, 0.6) is 11.5 Å². The molecule has 2 aromatic rings. The highest BCUT2D eigenvalue weighted by Crippen LogP contribution is 2.64. The van der Waals surface area contributed by atoms with E-state index in [4.69, 9.17) is 25.8 Å². The van der Waals surface area contributed by atoms with Gasteiger partial charge in [-0.15, -0.1) is 0 Å². The van der Waals surface area contributed by atoms with Crippen molar-refractivity contribution < 1.29 is 22.6 Å². The normalized spacial score (nSPS) is 25.3. The number of benzene rings is 2. The molecule has 0 amide bonds. The molecule has 1 aliphatic carbocycles. The van der Waals surface area contributed by atoms with E-state index in [0.29, 0.717) is 28.7 Å². The quantitative estimate of drug-likeness (QED) is 0.711. The Morgan fingerprint density at radius 2 is 1.93 bits per heavy atom. The van der Waals surface area contributed by atoms with Crippen LogP contribution >= 0.6 is 11.6 Å². The molecule has 146 valence electrons. The maximum atomic E-state index is 13.4. The molecule has 4 rings (SSSR count). The minimum Gasteiger partial charge on any atom is -0.454 e. The van der Waals surface area contributed by atoms with E-state index in [1.807, 2.05) is 6.92 Å². The number of ether oxygens (including phenoxy) is 3. The molecule has 0 N–H and O–H groups in total. The Labute approximate surface area is 168 Å². The highest BCUT2D eigenvalue weighted by Gasteiger charge is 2.72. The largest absolute Gasteiger partial charge is 0.454 e. The average molecular weight is 420 g/mol. The predicted molar refractivity (Wildman–Crippen MR) is 102 cm³/mol. The van der Waals surface area contributed by atoms with E-state index >= 15 is 0 Å². The van der Waals surface area contributed by atoms with Crippen molar-refractivity contribution in [2.45, 2.75) is 23.0 Å². The summed E-state index contributed by atoms with van der Waals surface area (Å²) in [7, 11) is -3.78. The Morgan fingerprint density at radius 3 is 2.61 bits per heavy atom. The molecule has 0 unspecified atom stereocenters. The first kappa shape index (κ1) is 19.1. The number of halogens is 1. The number of rotatable bonds is 6. The van der Waals surface area contributed by atoms with Gasteiger partial charge >= 0.3 is 0 Å². The standard InChI is InChI=1S/C20H18ClNO5S/c1-2-25-11-20(10-22)18(13-3-8-16-17(9-13)27-12-26-16)19(20)28(23,24)15-6-4-14(21)5-7-15/h3-9,18-19H,2,11-12H2,1H3/t18-,19-,20-/m0/s1. The summed E-state index contributed by atoms with van der Waals surface area (Å²) in [6, 6.07) is 13.5. The van der Waals surface area contributed by atoms with Gasteiger partial charge in [0.05, 0.1) is 22.8 Å². The molecule has 0 saturated heterocycles. The molecule has 1 fully saturated rings. The maximum Gasteiger partial charge on any atom is 0.231 e. The third-order valence-corrected chi connectivity index (χ3v) is 7.78. The van der Waals surface area contributed by atoms with Crippen molar-refractivity contribution >= 4 is 21.4 Å². The second-order valence-electron chi connectivity index (χ2n) is 6.80. The SMILES string of the molecule is CCOC[C@@]1(C#N)[C@@H](c2ccc3c(c2)OCO3)[C@@H]1S(=O)(=O)c1ccc(Cl)cc1. The highest BCUT2D eigenvalue weighted by atomic mass is 35.5. The van der Waals surface area contributed by atoms with E-state index in [-0.39, 0.29) is 18.3 Å². The smallest absolute Gasteiger partial charge is 0.231 e. The van der Waals surface area contributed by atoms with Crippen molar-refractivity contribution in [2.75, 3.05) is 20.0 Å². The Hall–Kier alpha value is -2.27. The van der Waals surface area contributed by atoms with Crippen LogP contribution in [0, 0.1) is 16.7 Å². The van der Waals surface area contributed by atoms with Crippen LogP contribution < -0.4 is 9.47 Å². The lowest BCUT2D eigenvalue weighted by molar-refractivity contribution is 0.117. The Morgan fingerprint density at radius 1 is 1.21 bits per heavy atom. The van der Waals surface area contributed by atoms with E-state index in [1.165, 1.54) is 24.3 Å². The second-order valence-corrected chi connectivity index (χ2v) is 9.30. The van der Waals surface area contributed by atoms with Crippen LogP contribution in [0.4, 0.5) is 0 Å². The zero-order chi connectivity index (χ0) is 19.9. The van der Waals surface area contributed by atoms with Crippen molar-refractivity contribution in [3.8, 4) is 17.6 Å². The Balaban J connectivity index is 1.77. The van der Waals surface area contributed by atoms with Gasteiger partial charge in [0.2, 0.25) is 6.79 Å². The fraction of sp³-hybridized carbons (Fsp3) is 0.350. The van der Waals surface area contributed by atoms with E-state index < -0.39 is 26.4 Å². The van der Waals surface area contributed by atoms with Crippen LogP contribution in [0.25, 0.3) is 0 Å². The van der Waals surface area contributed by atoms with Crippen LogP contribution in [0.3, 0.4) is 0 Å². The molecule has 1 aliphatic heterocycles. The third kappa shape index (κ3) is 2.93. The van der Waals surface area contributed by atoms with Crippen molar-refractivity contribution in [3.63, 3.8) is 0 Å². The molecule has 2 aliphatic rings. The molecule has 0 aromatic heterocycles. The van der Waals surface area contributed by atoms with Crippen LogP contribution in [0.2, 0.25) is 5.02 Å². The number of hydrogen-bond acceptors (Lipinski definition) is 6. The van der Waals surface area contributed by atoms with Gasteiger partial charge < -0.3 is 14.2 Å². The van der Waals surface area contributed by atoms with Crippen molar-refractivity contribution in [1.29, 1.82) is 5.26 Å². The van der Waals surface area contributed by atoms with E-state index in [9.17, 15) is 13.7 Å². The summed E-state index contributed by atoms with van der Waals surface area (Å²) in [5.41, 5.74) is -0.449. The lowest BCUT2D eigenvalue weighted by Crippen LogP contribution is -2.19. The number of nitrogens with zero attached hydrogens (tertiary/aromatic N) is 1. The van der Waals surface area contributed by atoms with Gasteiger partial charge in [-0.2, -0.15) is 5.26 Å². The summed E-state index contributed by atoms with van der Waals surface area (Å²) in [6.07, 6.45) is 0. The number of sulfone groups is 1. The van der Waals surface area contributed by atoms with Crippen molar-refractivity contribution in [1.82, 2.24) is 0 Å². The van der Waals surface area contributed by atoms with E-state index in [2.05, 4.69) is 6.07 Å².